The zero-order valence-corrected chi connectivity index (χ0v) is 8.50. The number of aliphatic hydroxyl groups excluding tert-OH is 2. The van der Waals surface area contributed by atoms with Gasteiger partial charge in [0.15, 0.2) is 0 Å². The lowest BCUT2D eigenvalue weighted by molar-refractivity contribution is -0.364. The standard InChI is InChI=1S/C7H15NO9/c8-3(9)1-2(4(10)6(12,13)14)5(11)7(15,16)17/h2-4,9-10,12-17H,1,8H2. The van der Waals surface area contributed by atoms with E-state index < -0.39 is 42.4 Å². The number of hydrogen-bond acceptors (Lipinski definition) is 10. The van der Waals surface area contributed by atoms with E-state index in [1.54, 1.807) is 0 Å². The summed E-state index contributed by atoms with van der Waals surface area (Å²) in [6.07, 6.45) is -5.24. The van der Waals surface area contributed by atoms with Crippen LogP contribution in [0.4, 0.5) is 0 Å². The number of nitrogens with two attached hydrogens (primary N) is 1. The van der Waals surface area contributed by atoms with Gasteiger partial charge in [-0.2, -0.15) is 0 Å². The fraction of sp³-hybridized carbons (Fsp3) is 0.857. The topological polar surface area (TPSA) is 205 Å². The van der Waals surface area contributed by atoms with Gasteiger partial charge in [-0.1, -0.05) is 0 Å². The fourth-order valence-corrected chi connectivity index (χ4v) is 1.16. The van der Waals surface area contributed by atoms with E-state index in [-0.39, 0.29) is 0 Å². The first kappa shape index (κ1) is 16.3. The molecule has 0 aliphatic carbocycles. The molecule has 0 radical (unpaired) electrons. The van der Waals surface area contributed by atoms with Gasteiger partial charge in [-0.25, -0.2) is 0 Å². The molecule has 3 atom stereocenters. The van der Waals surface area contributed by atoms with Crippen molar-refractivity contribution in [2.24, 2.45) is 11.7 Å². The third-order valence-electron chi connectivity index (χ3n) is 1.94. The van der Waals surface area contributed by atoms with Crippen LogP contribution in [0.15, 0.2) is 0 Å². The maximum atomic E-state index is 11.2. The van der Waals surface area contributed by atoms with Crippen LogP contribution in [0.1, 0.15) is 6.42 Å². The van der Waals surface area contributed by atoms with Gasteiger partial charge in [0.05, 0.1) is 5.92 Å². The van der Waals surface area contributed by atoms with E-state index in [1.807, 2.05) is 0 Å². The first-order valence-electron chi connectivity index (χ1n) is 4.37. The van der Waals surface area contributed by atoms with Crippen LogP contribution in [0.3, 0.4) is 0 Å². The Kier molecular flexibility index (Phi) is 5.09. The van der Waals surface area contributed by atoms with Crippen molar-refractivity contribution in [2.75, 3.05) is 0 Å². The molecule has 102 valence electrons. The van der Waals surface area contributed by atoms with Gasteiger partial charge in [0.25, 0.3) is 0 Å². The van der Waals surface area contributed by atoms with E-state index in [2.05, 4.69) is 0 Å². The van der Waals surface area contributed by atoms with Crippen LogP contribution in [0.2, 0.25) is 0 Å². The number of hydrogen-bond donors (Lipinski definition) is 9. The van der Waals surface area contributed by atoms with E-state index in [1.165, 1.54) is 0 Å². The van der Waals surface area contributed by atoms with Crippen LogP contribution in [0.5, 0.6) is 0 Å². The maximum Gasteiger partial charge on any atom is 0.339 e. The molecule has 3 unspecified atom stereocenters. The van der Waals surface area contributed by atoms with Crippen molar-refractivity contribution in [2.45, 2.75) is 30.7 Å². The largest absolute Gasteiger partial charge is 0.384 e. The van der Waals surface area contributed by atoms with E-state index in [9.17, 15) is 4.79 Å². The summed E-state index contributed by atoms with van der Waals surface area (Å²) >= 11 is 0. The summed E-state index contributed by atoms with van der Waals surface area (Å²) in [5.41, 5.74) is 4.86. The van der Waals surface area contributed by atoms with Gasteiger partial charge in [-0.3, -0.25) is 4.79 Å². The van der Waals surface area contributed by atoms with Gasteiger partial charge in [0, 0.05) is 0 Å². The van der Waals surface area contributed by atoms with Gasteiger partial charge in [-0.15, -0.1) is 0 Å². The van der Waals surface area contributed by atoms with E-state index >= 15 is 0 Å². The third-order valence-corrected chi connectivity index (χ3v) is 1.94. The van der Waals surface area contributed by atoms with Crippen LogP contribution in [0.25, 0.3) is 0 Å². The van der Waals surface area contributed by atoms with Gasteiger partial charge >= 0.3 is 11.9 Å². The number of carbonyl (C=O) groups is 1. The van der Waals surface area contributed by atoms with Gasteiger partial charge in [0.1, 0.15) is 12.3 Å². The lowest BCUT2D eigenvalue weighted by Gasteiger charge is -2.30. The summed E-state index contributed by atoms with van der Waals surface area (Å²) in [6, 6.07) is 0. The lowest BCUT2D eigenvalue weighted by atomic mass is 9.90. The molecule has 17 heavy (non-hydrogen) atoms. The quantitative estimate of drug-likeness (QED) is 0.206. The van der Waals surface area contributed by atoms with E-state index in [4.69, 9.17) is 46.6 Å². The predicted molar refractivity (Wildman–Crippen MR) is 48.1 cm³/mol. The monoisotopic (exact) mass is 257 g/mol. The van der Waals surface area contributed by atoms with Crippen molar-refractivity contribution in [3.63, 3.8) is 0 Å². The molecular formula is C7H15NO9. The summed E-state index contributed by atoms with van der Waals surface area (Å²) in [6.45, 7) is 0. The molecule has 0 saturated carbocycles. The Balaban J connectivity index is 5.09. The molecule has 0 bridgehead atoms. The van der Waals surface area contributed by atoms with Gasteiger partial charge < -0.3 is 46.6 Å². The van der Waals surface area contributed by atoms with Crippen molar-refractivity contribution in [3.05, 3.63) is 0 Å². The SMILES string of the molecule is NC(O)CC(C(=O)C(O)(O)O)C(O)C(O)(O)O. The molecule has 0 saturated heterocycles. The molecule has 0 aliphatic heterocycles. The molecule has 0 amide bonds. The minimum atomic E-state index is -3.88. The highest BCUT2D eigenvalue weighted by Gasteiger charge is 2.47. The van der Waals surface area contributed by atoms with Crippen LogP contribution >= 0.6 is 0 Å². The van der Waals surface area contributed by atoms with Crippen LogP contribution in [-0.4, -0.2) is 70.9 Å². The minimum absolute atomic E-state index is 0.868. The fourth-order valence-electron chi connectivity index (χ4n) is 1.16. The second-order valence-electron chi connectivity index (χ2n) is 3.54. The molecule has 0 heterocycles. The zero-order chi connectivity index (χ0) is 14.0. The van der Waals surface area contributed by atoms with Crippen molar-refractivity contribution in [1.82, 2.24) is 0 Å². The van der Waals surface area contributed by atoms with Crippen LogP contribution in [0, 0.1) is 5.92 Å². The molecule has 0 spiro atoms. The first-order chi connectivity index (χ1) is 7.37. The Morgan fingerprint density at radius 3 is 1.71 bits per heavy atom. The summed E-state index contributed by atoms with van der Waals surface area (Å²) in [4.78, 5) is 11.2. The van der Waals surface area contributed by atoms with Crippen molar-refractivity contribution < 1.29 is 45.6 Å². The Hall–Kier alpha value is -0.690. The molecule has 0 rings (SSSR count). The highest BCUT2D eigenvalue weighted by Crippen LogP contribution is 2.22. The molecule has 10 nitrogen and oxygen atoms in total. The molecule has 0 aromatic rings. The van der Waals surface area contributed by atoms with Crippen LogP contribution < -0.4 is 5.73 Å². The number of aliphatic hydroxyl groups is 8. The highest BCUT2D eigenvalue weighted by atomic mass is 16.7. The average Bonchev–Trinajstić information content (AvgIpc) is 2.08. The highest BCUT2D eigenvalue weighted by molar-refractivity contribution is 5.86. The molecule has 0 aromatic carbocycles. The number of carbonyl (C=O) groups excluding carboxylic acids is 1. The van der Waals surface area contributed by atoms with Crippen molar-refractivity contribution in [3.8, 4) is 0 Å². The van der Waals surface area contributed by atoms with Gasteiger partial charge in [-0.05, 0) is 6.42 Å². The molecule has 10 heteroatoms. The molecular weight excluding hydrogens is 242 g/mol. The summed E-state index contributed by atoms with van der Waals surface area (Å²) in [5.74, 6) is -11.6. The smallest absolute Gasteiger partial charge is 0.339 e. The second kappa shape index (κ2) is 5.30. The Labute approximate surface area is 94.8 Å². The zero-order valence-electron chi connectivity index (χ0n) is 8.50. The van der Waals surface area contributed by atoms with E-state index in [0.717, 1.165) is 0 Å². The van der Waals surface area contributed by atoms with Crippen molar-refractivity contribution in [1.29, 1.82) is 0 Å². The molecule has 0 aromatic heterocycles. The Morgan fingerprint density at radius 1 is 1.06 bits per heavy atom. The average molecular weight is 257 g/mol. The molecule has 0 fully saturated rings. The summed E-state index contributed by atoms with van der Waals surface area (Å²) in [5, 5.41) is 69.5. The minimum Gasteiger partial charge on any atom is -0.384 e. The lowest BCUT2D eigenvalue weighted by Crippen LogP contribution is -2.55. The predicted octanol–water partition coefficient (Wildman–Crippen LogP) is -5.54. The number of Topliss-reactive ketones (excluding diaryl/α,β-unsaturated/α-hetero) is 1. The molecule has 0 aliphatic rings. The Bertz CT molecular complexity index is 265. The number of ketones is 1. The van der Waals surface area contributed by atoms with Gasteiger partial charge in [0.2, 0.25) is 5.78 Å². The second-order valence-corrected chi connectivity index (χ2v) is 3.54. The summed E-state index contributed by atoms with van der Waals surface area (Å²) < 4.78 is 0. The number of rotatable bonds is 6. The van der Waals surface area contributed by atoms with Crippen molar-refractivity contribution >= 4 is 5.78 Å². The normalized spacial score (nSPS) is 18.6. The van der Waals surface area contributed by atoms with E-state index in [0.29, 0.717) is 0 Å². The maximum absolute atomic E-state index is 11.2. The summed E-state index contributed by atoms with van der Waals surface area (Å²) in [7, 11) is 0. The van der Waals surface area contributed by atoms with Crippen LogP contribution in [-0.2, 0) is 4.79 Å². The molecule has 10 N–H and O–H groups in total. The Morgan fingerprint density at radius 2 is 1.47 bits per heavy atom. The third kappa shape index (κ3) is 4.99. The first-order valence-corrected chi connectivity index (χ1v) is 4.37.